The number of nitrogens with one attached hydrogen (secondary N) is 1. The van der Waals surface area contributed by atoms with Gasteiger partial charge in [0.05, 0.1) is 6.04 Å². The van der Waals surface area contributed by atoms with Crippen molar-refractivity contribution in [2.45, 2.75) is 32.2 Å². The van der Waals surface area contributed by atoms with E-state index in [9.17, 15) is 4.79 Å². The lowest BCUT2D eigenvalue weighted by atomic mass is 10.2. The van der Waals surface area contributed by atoms with Crippen molar-refractivity contribution in [3.8, 4) is 11.8 Å². The molecule has 1 fully saturated rings. The van der Waals surface area contributed by atoms with Crippen LogP contribution in [0.15, 0.2) is 0 Å². The van der Waals surface area contributed by atoms with Crippen molar-refractivity contribution >= 4 is 5.91 Å². The first-order valence-corrected chi connectivity index (χ1v) is 3.60. The standard InChI is InChI=1S/C8H11NO/c1-2-3-4-7-5-6-8(10)9-7/h7H,2,5-6H2,1H3,(H,9,10). The van der Waals surface area contributed by atoms with Crippen molar-refractivity contribution in [2.24, 2.45) is 0 Å². The molecule has 2 heteroatoms. The Morgan fingerprint density at radius 1 is 1.80 bits per heavy atom. The van der Waals surface area contributed by atoms with Crippen molar-refractivity contribution in [1.82, 2.24) is 5.32 Å². The molecule has 0 spiro atoms. The predicted molar refractivity (Wildman–Crippen MR) is 39.2 cm³/mol. The molecule has 2 nitrogen and oxygen atoms in total. The molecule has 1 N–H and O–H groups in total. The van der Waals surface area contributed by atoms with E-state index in [0.717, 1.165) is 12.8 Å². The van der Waals surface area contributed by atoms with Crippen molar-refractivity contribution in [2.75, 3.05) is 0 Å². The maximum Gasteiger partial charge on any atom is 0.221 e. The highest BCUT2D eigenvalue weighted by Crippen LogP contribution is 2.04. The van der Waals surface area contributed by atoms with Crippen LogP contribution in [0.25, 0.3) is 0 Å². The van der Waals surface area contributed by atoms with Gasteiger partial charge in [-0.2, -0.15) is 0 Å². The minimum absolute atomic E-state index is 0.132. The Balaban J connectivity index is 2.38. The van der Waals surface area contributed by atoms with Gasteiger partial charge < -0.3 is 5.32 Å². The second-order valence-corrected chi connectivity index (χ2v) is 2.33. The molecule has 1 aliphatic rings. The van der Waals surface area contributed by atoms with Gasteiger partial charge in [0.2, 0.25) is 5.91 Å². The van der Waals surface area contributed by atoms with Gasteiger partial charge in [0.25, 0.3) is 0 Å². The third kappa shape index (κ3) is 1.77. The number of rotatable bonds is 0. The first-order chi connectivity index (χ1) is 4.83. The highest BCUT2D eigenvalue weighted by atomic mass is 16.1. The Bertz CT molecular complexity index is 187. The third-order valence-corrected chi connectivity index (χ3v) is 1.45. The van der Waals surface area contributed by atoms with Crippen LogP contribution in [-0.2, 0) is 4.79 Å². The lowest BCUT2D eigenvalue weighted by Crippen LogP contribution is -2.23. The van der Waals surface area contributed by atoms with Crippen LogP contribution in [0.4, 0.5) is 0 Å². The average molecular weight is 137 g/mol. The summed E-state index contributed by atoms with van der Waals surface area (Å²) in [6.07, 6.45) is 2.39. The minimum atomic E-state index is 0.132. The Hall–Kier alpha value is -0.970. The van der Waals surface area contributed by atoms with Crippen LogP contribution in [0, 0.1) is 11.8 Å². The van der Waals surface area contributed by atoms with E-state index in [0.29, 0.717) is 6.42 Å². The van der Waals surface area contributed by atoms with E-state index in [4.69, 9.17) is 0 Å². The minimum Gasteiger partial charge on any atom is -0.342 e. The van der Waals surface area contributed by atoms with Crippen LogP contribution in [0.2, 0.25) is 0 Å². The third-order valence-electron chi connectivity index (χ3n) is 1.45. The summed E-state index contributed by atoms with van der Waals surface area (Å²) in [6, 6.07) is 0.132. The van der Waals surface area contributed by atoms with E-state index in [1.54, 1.807) is 0 Å². The second-order valence-electron chi connectivity index (χ2n) is 2.33. The van der Waals surface area contributed by atoms with E-state index in [1.165, 1.54) is 0 Å². The molecule has 1 atom stereocenters. The normalized spacial score (nSPS) is 23.3. The van der Waals surface area contributed by atoms with Crippen LogP contribution < -0.4 is 5.32 Å². The van der Waals surface area contributed by atoms with Crippen molar-refractivity contribution in [3.63, 3.8) is 0 Å². The van der Waals surface area contributed by atoms with E-state index in [-0.39, 0.29) is 11.9 Å². The first kappa shape index (κ1) is 7.14. The zero-order valence-corrected chi connectivity index (χ0v) is 6.11. The number of hydrogen-bond acceptors (Lipinski definition) is 1. The Morgan fingerprint density at radius 2 is 2.60 bits per heavy atom. The highest BCUT2D eigenvalue weighted by Gasteiger charge is 2.17. The molecule has 1 heterocycles. The molecule has 10 heavy (non-hydrogen) atoms. The predicted octanol–water partition coefficient (Wildman–Crippen LogP) is 0.678. The fraction of sp³-hybridized carbons (Fsp3) is 0.625. The second kappa shape index (κ2) is 3.26. The number of carbonyl (C=O) groups excluding carboxylic acids is 1. The number of hydrogen-bond donors (Lipinski definition) is 1. The quantitative estimate of drug-likeness (QED) is 0.489. The molecule has 1 saturated heterocycles. The maximum absolute atomic E-state index is 10.6. The molecule has 1 aliphatic heterocycles. The smallest absolute Gasteiger partial charge is 0.221 e. The molecule has 0 saturated carbocycles. The number of amides is 1. The van der Waals surface area contributed by atoms with Crippen molar-refractivity contribution in [3.05, 3.63) is 0 Å². The Kier molecular flexibility index (Phi) is 2.33. The first-order valence-electron chi connectivity index (χ1n) is 3.60. The Morgan fingerprint density at radius 3 is 3.10 bits per heavy atom. The fourth-order valence-electron chi connectivity index (χ4n) is 0.948. The lowest BCUT2D eigenvalue weighted by Gasteiger charge is -1.96. The SMILES string of the molecule is CCC#CC1CCC(=O)N1. The van der Waals surface area contributed by atoms with Crippen molar-refractivity contribution < 1.29 is 4.79 Å². The Labute approximate surface area is 61.0 Å². The van der Waals surface area contributed by atoms with E-state index in [2.05, 4.69) is 17.2 Å². The zero-order valence-electron chi connectivity index (χ0n) is 6.11. The van der Waals surface area contributed by atoms with Gasteiger partial charge in [-0.05, 0) is 6.42 Å². The molecule has 0 aromatic carbocycles. The summed E-state index contributed by atoms with van der Waals surface area (Å²) in [5, 5.41) is 2.78. The molecule has 54 valence electrons. The summed E-state index contributed by atoms with van der Waals surface area (Å²) in [5.74, 6) is 6.06. The zero-order chi connectivity index (χ0) is 7.40. The maximum atomic E-state index is 10.6. The number of carbonyl (C=O) groups is 1. The van der Waals surface area contributed by atoms with Crippen molar-refractivity contribution in [1.29, 1.82) is 0 Å². The molecule has 1 rings (SSSR count). The topological polar surface area (TPSA) is 29.1 Å². The lowest BCUT2D eigenvalue weighted by molar-refractivity contribution is -0.119. The van der Waals surface area contributed by atoms with Crippen LogP contribution >= 0.6 is 0 Å². The molecular formula is C8H11NO. The van der Waals surface area contributed by atoms with Gasteiger partial charge in [0.15, 0.2) is 0 Å². The molecule has 0 aromatic rings. The van der Waals surface area contributed by atoms with Crippen LogP contribution in [0.1, 0.15) is 26.2 Å². The summed E-state index contributed by atoms with van der Waals surface area (Å²) in [7, 11) is 0. The van der Waals surface area contributed by atoms with E-state index >= 15 is 0 Å². The van der Waals surface area contributed by atoms with E-state index in [1.807, 2.05) is 6.92 Å². The summed E-state index contributed by atoms with van der Waals surface area (Å²) in [4.78, 5) is 10.6. The molecule has 0 bridgehead atoms. The molecule has 1 amide bonds. The average Bonchev–Trinajstić information content (AvgIpc) is 2.31. The molecule has 0 aromatic heterocycles. The van der Waals surface area contributed by atoms with Gasteiger partial charge in [0, 0.05) is 12.8 Å². The fourth-order valence-corrected chi connectivity index (χ4v) is 0.948. The van der Waals surface area contributed by atoms with Gasteiger partial charge in [-0.25, -0.2) is 0 Å². The van der Waals surface area contributed by atoms with Crippen LogP contribution in [0.3, 0.4) is 0 Å². The van der Waals surface area contributed by atoms with Gasteiger partial charge in [-0.3, -0.25) is 4.79 Å². The van der Waals surface area contributed by atoms with Gasteiger partial charge in [0.1, 0.15) is 0 Å². The summed E-state index contributed by atoms with van der Waals surface area (Å²) in [6.45, 7) is 2.00. The molecule has 0 radical (unpaired) electrons. The van der Waals surface area contributed by atoms with Gasteiger partial charge in [-0.1, -0.05) is 12.8 Å². The van der Waals surface area contributed by atoms with Gasteiger partial charge in [-0.15, -0.1) is 5.92 Å². The summed E-state index contributed by atoms with van der Waals surface area (Å²) >= 11 is 0. The summed E-state index contributed by atoms with van der Waals surface area (Å²) < 4.78 is 0. The van der Waals surface area contributed by atoms with E-state index < -0.39 is 0 Å². The highest BCUT2D eigenvalue weighted by molar-refractivity contribution is 5.79. The van der Waals surface area contributed by atoms with Crippen LogP contribution in [-0.4, -0.2) is 11.9 Å². The van der Waals surface area contributed by atoms with Crippen LogP contribution in [0.5, 0.6) is 0 Å². The van der Waals surface area contributed by atoms with Gasteiger partial charge >= 0.3 is 0 Å². The largest absolute Gasteiger partial charge is 0.342 e. The molecule has 1 unspecified atom stereocenters. The summed E-state index contributed by atoms with van der Waals surface area (Å²) in [5.41, 5.74) is 0. The monoisotopic (exact) mass is 137 g/mol. The molecular weight excluding hydrogens is 126 g/mol. The molecule has 0 aliphatic carbocycles.